The Morgan fingerprint density at radius 2 is 2.17 bits per heavy atom. The van der Waals surface area contributed by atoms with Gasteiger partial charge in [-0.05, 0) is 43.4 Å². The average molecular weight is 393 g/mol. The van der Waals surface area contributed by atoms with E-state index in [9.17, 15) is 9.18 Å². The summed E-state index contributed by atoms with van der Waals surface area (Å²) in [6.07, 6.45) is 4.69. The van der Waals surface area contributed by atoms with Crippen molar-refractivity contribution in [3.05, 3.63) is 34.8 Å². The summed E-state index contributed by atoms with van der Waals surface area (Å²) in [5, 5.41) is 8.04. The van der Waals surface area contributed by atoms with Crippen LogP contribution in [0.15, 0.2) is 29.0 Å². The van der Waals surface area contributed by atoms with Crippen molar-refractivity contribution in [1.82, 2.24) is 19.7 Å². The molecule has 1 amide bonds. The van der Waals surface area contributed by atoms with E-state index in [0.717, 1.165) is 32.4 Å². The normalized spacial score (nSPS) is 20.6. The Hall–Kier alpha value is -1.76. The molecule has 2 heterocycles. The highest BCUT2D eigenvalue weighted by Crippen LogP contribution is 2.33. The lowest BCUT2D eigenvalue weighted by Gasteiger charge is -2.17. The van der Waals surface area contributed by atoms with E-state index in [1.165, 1.54) is 6.07 Å². The first-order valence-electron chi connectivity index (χ1n) is 8.24. The van der Waals surface area contributed by atoms with Gasteiger partial charge in [-0.3, -0.25) is 4.79 Å². The van der Waals surface area contributed by atoms with E-state index in [4.69, 9.17) is 0 Å². The number of halogens is 2. The maximum Gasteiger partial charge on any atom is 0.225 e. The minimum Gasteiger partial charge on any atom is -0.342 e. The van der Waals surface area contributed by atoms with E-state index in [-0.39, 0.29) is 11.7 Å². The second-order valence-electron chi connectivity index (χ2n) is 6.64. The van der Waals surface area contributed by atoms with E-state index in [1.54, 1.807) is 18.5 Å². The summed E-state index contributed by atoms with van der Waals surface area (Å²) in [6.45, 7) is 2.30. The molecule has 0 N–H and O–H groups in total. The van der Waals surface area contributed by atoms with Gasteiger partial charge in [-0.2, -0.15) is 0 Å². The largest absolute Gasteiger partial charge is 0.342 e. The Morgan fingerprint density at radius 1 is 1.33 bits per heavy atom. The van der Waals surface area contributed by atoms with Crippen molar-refractivity contribution in [3.63, 3.8) is 0 Å². The van der Waals surface area contributed by atoms with Crippen molar-refractivity contribution >= 4 is 21.8 Å². The summed E-state index contributed by atoms with van der Waals surface area (Å²) >= 11 is 3.27. The maximum atomic E-state index is 14.2. The van der Waals surface area contributed by atoms with E-state index < -0.39 is 0 Å². The Bertz CT molecular complexity index is 774. The van der Waals surface area contributed by atoms with Crippen LogP contribution < -0.4 is 0 Å². The molecule has 0 radical (unpaired) electrons. The number of carbonyl (C=O) groups excluding carboxylic acids is 1. The molecule has 0 unspecified atom stereocenters. The summed E-state index contributed by atoms with van der Waals surface area (Å²) in [5.41, 5.74) is 0.444. The van der Waals surface area contributed by atoms with Gasteiger partial charge in [0.2, 0.25) is 5.91 Å². The predicted molar refractivity (Wildman–Crippen MR) is 90.5 cm³/mol. The van der Waals surface area contributed by atoms with Gasteiger partial charge in [0.25, 0.3) is 0 Å². The number of rotatable bonds is 4. The number of benzene rings is 1. The monoisotopic (exact) mass is 392 g/mol. The van der Waals surface area contributed by atoms with Crippen LogP contribution in [-0.2, 0) is 11.3 Å². The predicted octanol–water partition coefficient (Wildman–Crippen LogP) is 3.11. The number of carbonyl (C=O) groups is 1. The van der Waals surface area contributed by atoms with Gasteiger partial charge in [0.15, 0.2) is 5.82 Å². The van der Waals surface area contributed by atoms with Crippen LogP contribution in [0.2, 0.25) is 0 Å². The van der Waals surface area contributed by atoms with Crippen LogP contribution in [0.5, 0.6) is 0 Å². The molecule has 7 heteroatoms. The number of hydrogen-bond acceptors (Lipinski definition) is 3. The van der Waals surface area contributed by atoms with Gasteiger partial charge in [-0.1, -0.05) is 15.9 Å². The molecule has 126 valence electrons. The van der Waals surface area contributed by atoms with Crippen LogP contribution in [0, 0.1) is 17.7 Å². The van der Waals surface area contributed by atoms with Gasteiger partial charge in [0.05, 0.1) is 5.56 Å². The maximum absolute atomic E-state index is 14.2. The minimum absolute atomic E-state index is 0.270. The molecule has 0 spiro atoms. The van der Waals surface area contributed by atoms with Gasteiger partial charge in [0, 0.05) is 30.0 Å². The van der Waals surface area contributed by atoms with Crippen LogP contribution in [0.4, 0.5) is 4.39 Å². The van der Waals surface area contributed by atoms with Gasteiger partial charge in [-0.15, -0.1) is 10.2 Å². The third-order valence-electron chi connectivity index (χ3n) is 4.77. The number of hydrogen-bond donors (Lipinski definition) is 0. The van der Waals surface area contributed by atoms with Crippen molar-refractivity contribution in [3.8, 4) is 11.4 Å². The number of likely N-dealkylation sites (tertiary alicyclic amines) is 1. The van der Waals surface area contributed by atoms with Crippen molar-refractivity contribution in [2.24, 2.45) is 11.8 Å². The number of aromatic nitrogens is 3. The van der Waals surface area contributed by atoms with E-state index in [1.807, 2.05) is 9.47 Å². The first-order valence-corrected chi connectivity index (χ1v) is 9.03. The Balaban J connectivity index is 1.48. The summed E-state index contributed by atoms with van der Waals surface area (Å²) < 4.78 is 16.8. The Morgan fingerprint density at radius 3 is 2.92 bits per heavy atom. The summed E-state index contributed by atoms with van der Waals surface area (Å²) in [7, 11) is 0. The lowest BCUT2D eigenvalue weighted by atomic mass is 10.1. The van der Waals surface area contributed by atoms with Gasteiger partial charge in [-0.25, -0.2) is 4.39 Å². The lowest BCUT2D eigenvalue weighted by molar-refractivity contribution is -0.131. The average Bonchev–Trinajstić information content (AvgIpc) is 3.14. The molecule has 2 fully saturated rings. The van der Waals surface area contributed by atoms with E-state index in [0.29, 0.717) is 34.2 Å². The minimum atomic E-state index is -0.324. The molecule has 1 aromatic carbocycles. The fourth-order valence-electron chi connectivity index (χ4n) is 3.32. The highest BCUT2D eigenvalue weighted by Gasteiger charge is 2.36. The zero-order valence-corrected chi connectivity index (χ0v) is 14.7. The second-order valence-corrected chi connectivity index (χ2v) is 7.56. The fraction of sp³-hybridized carbons (Fsp3) is 0.471. The number of nitrogens with zero attached hydrogens (tertiary/aromatic N) is 4. The lowest BCUT2D eigenvalue weighted by Crippen LogP contribution is -2.30. The SMILES string of the molecule is O=C(C1CC1)N1CC[C@H](Cn2cnnc2-c2ccc(Br)cc2F)C1. The molecule has 1 aromatic heterocycles. The molecule has 1 aliphatic heterocycles. The van der Waals surface area contributed by atoms with Crippen molar-refractivity contribution < 1.29 is 9.18 Å². The van der Waals surface area contributed by atoms with Crippen LogP contribution in [0.25, 0.3) is 11.4 Å². The molecule has 2 aromatic rings. The highest BCUT2D eigenvalue weighted by atomic mass is 79.9. The van der Waals surface area contributed by atoms with Crippen LogP contribution in [0.1, 0.15) is 19.3 Å². The molecule has 24 heavy (non-hydrogen) atoms. The smallest absolute Gasteiger partial charge is 0.225 e. The Kier molecular flexibility index (Phi) is 4.12. The van der Waals surface area contributed by atoms with E-state index in [2.05, 4.69) is 26.1 Å². The van der Waals surface area contributed by atoms with Gasteiger partial charge in [0.1, 0.15) is 12.1 Å². The summed E-state index contributed by atoms with van der Waals surface area (Å²) in [5.74, 6) is 1.15. The molecule has 1 aliphatic carbocycles. The fourth-order valence-corrected chi connectivity index (χ4v) is 3.65. The topological polar surface area (TPSA) is 51.0 Å². The van der Waals surface area contributed by atoms with Gasteiger partial charge >= 0.3 is 0 Å². The molecule has 2 aliphatic rings. The van der Waals surface area contributed by atoms with Crippen LogP contribution >= 0.6 is 15.9 Å². The second kappa shape index (κ2) is 6.27. The molecular formula is C17H18BrFN4O. The summed E-state index contributed by atoms with van der Waals surface area (Å²) in [4.78, 5) is 14.1. The van der Waals surface area contributed by atoms with Crippen LogP contribution in [0.3, 0.4) is 0 Å². The highest BCUT2D eigenvalue weighted by molar-refractivity contribution is 9.10. The van der Waals surface area contributed by atoms with E-state index >= 15 is 0 Å². The van der Waals surface area contributed by atoms with Crippen LogP contribution in [-0.4, -0.2) is 38.7 Å². The van der Waals surface area contributed by atoms with Crippen molar-refractivity contribution in [2.45, 2.75) is 25.8 Å². The molecule has 1 atom stereocenters. The molecule has 1 saturated carbocycles. The first kappa shape index (κ1) is 15.7. The van der Waals surface area contributed by atoms with Gasteiger partial charge < -0.3 is 9.47 Å². The molecule has 4 rings (SSSR count). The quantitative estimate of drug-likeness (QED) is 0.802. The molecule has 1 saturated heterocycles. The van der Waals surface area contributed by atoms with Crippen molar-refractivity contribution in [2.75, 3.05) is 13.1 Å². The zero-order valence-electron chi connectivity index (χ0n) is 13.2. The number of amides is 1. The third-order valence-corrected chi connectivity index (χ3v) is 5.26. The summed E-state index contributed by atoms with van der Waals surface area (Å²) in [6, 6.07) is 4.93. The van der Waals surface area contributed by atoms with Crippen molar-refractivity contribution in [1.29, 1.82) is 0 Å². The third kappa shape index (κ3) is 3.09. The molecular weight excluding hydrogens is 375 g/mol. The molecule has 5 nitrogen and oxygen atoms in total. The molecule has 0 bridgehead atoms. The standard InChI is InChI=1S/C17H18BrFN4O/c18-13-3-4-14(15(19)7-13)16-21-20-10-23(16)9-11-5-6-22(8-11)17(24)12-1-2-12/h3-4,7,10-12H,1-2,5-6,8-9H2/t11-/m0/s1. The first-order chi connectivity index (χ1) is 11.6. The Labute approximate surface area is 148 Å². The zero-order chi connectivity index (χ0) is 16.7.